The summed E-state index contributed by atoms with van der Waals surface area (Å²) in [4.78, 5) is 22.2. The van der Waals surface area contributed by atoms with Gasteiger partial charge >= 0.3 is 11.9 Å². The van der Waals surface area contributed by atoms with E-state index in [1.165, 1.54) is 6.92 Å². The summed E-state index contributed by atoms with van der Waals surface area (Å²) in [6.07, 6.45) is 1.41. The summed E-state index contributed by atoms with van der Waals surface area (Å²) in [6.45, 7) is 1.35. The Morgan fingerprint density at radius 1 is 1.53 bits per heavy atom. The van der Waals surface area contributed by atoms with Crippen molar-refractivity contribution in [2.24, 2.45) is 5.92 Å². The maximum absolute atomic E-state index is 13.4. The van der Waals surface area contributed by atoms with Crippen LogP contribution in [-0.4, -0.2) is 24.3 Å². The van der Waals surface area contributed by atoms with E-state index in [4.69, 9.17) is 0 Å². The van der Waals surface area contributed by atoms with Crippen LogP contribution in [0.15, 0.2) is 0 Å². The van der Waals surface area contributed by atoms with Gasteiger partial charge in [0.1, 0.15) is 5.78 Å². The average molecular weight is 220 g/mol. The summed E-state index contributed by atoms with van der Waals surface area (Å²) in [5, 5.41) is 0. The fourth-order valence-electron chi connectivity index (χ4n) is 1.74. The number of halogens is 2. The summed E-state index contributed by atoms with van der Waals surface area (Å²) in [6, 6.07) is 0. The van der Waals surface area contributed by atoms with Crippen LogP contribution in [0.3, 0.4) is 0 Å². The van der Waals surface area contributed by atoms with Crippen LogP contribution in [0.4, 0.5) is 8.78 Å². The Labute approximate surface area is 86.8 Å². The molecule has 1 aliphatic carbocycles. The number of Topliss-reactive ketones (excluding diaryl/α,β-unsaturated/α-hetero) is 1. The maximum Gasteiger partial charge on any atom is 0.377 e. The van der Waals surface area contributed by atoms with E-state index in [9.17, 15) is 18.4 Å². The van der Waals surface area contributed by atoms with Gasteiger partial charge in [-0.25, -0.2) is 4.79 Å². The molecule has 0 bridgehead atoms. The molecule has 0 amide bonds. The number of esters is 1. The van der Waals surface area contributed by atoms with Crippen molar-refractivity contribution in [1.29, 1.82) is 0 Å². The molecule has 0 N–H and O–H groups in total. The molecule has 0 aromatic carbocycles. The molecule has 0 aromatic heterocycles. The van der Waals surface area contributed by atoms with Crippen LogP contribution in [0.25, 0.3) is 0 Å². The minimum atomic E-state index is -3.66. The highest BCUT2D eigenvalue weighted by molar-refractivity contribution is 5.90. The predicted octanol–water partition coefficient (Wildman–Crippen LogP) is 1.94. The van der Waals surface area contributed by atoms with Crippen LogP contribution in [0.1, 0.15) is 32.6 Å². The fourth-order valence-corrected chi connectivity index (χ4v) is 1.74. The van der Waals surface area contributed by atoms with E-state index in [1.807, 2.05) is 0 Å². The molecule has 1 atom stereocenters. The number of alkyl halides is 2. The lowest BCUT2D eigenvalue weighted by Crippen LogP contribution is -2.44. The molecule has 86 valence electrons. The van der Waals surface area contributed by atoms with E-state index in [0.717, 1.165) is 0 Å². The van der Waals surface area contributed by atoms with E-state index in [0.29, 0.717) is 12.8 Å². The molecular formula is C10H14F2O3. The molecule has 1 saturated carbocycles. The standard InChI is InChI=1S/C10H14F2O3/c1-2-15-9(14)10(11,12)7-5-3-4-6-8(7)13/h7H,2-6H2,1H3. The molecule has 0 radical (unpaired) electrons. The smallest absolute Gasteiger partial charge is 0.377 e. The van der Waals surface area contributed by atoms with Crippen molar-refractivity contribution < 1.29 is 23.1 Å². The Bertz CT molecular complexity index is 263. The van der Waals surface area contributed by atoms with Crippen molar-refractivity contribution in [2.45, 2.75) is 38.5 Å². The molecule has 3 nitrogen and oxygen atoms in total. The van der Waals surface area contributed by atoms with Crippen molar-refractivity contribution in [3.63, 3.8) is 0 Å². The Morgan fingerprint density at radius 3 is 2.73 bits per heavy atom. The third kappa shape index (κ3) is 2.52. The van der Waals surface area contributed by atoms with Gasteiger partial charge in [0, 0.05) is 6.42 Å². The van der Waals surface area contributed by atoms with Gasteiger partial charge in [-0.15, -0.1) is 0 Å². The molecule has 1 fully saturated rings. The Hall–Kier alpha value is -1.00. The van der Waals surface area contributed by atoms with Gasteiger partial charge in [0.25, 0.3) is 0 Å². The maximum atomic E-state index is 13.4. The van der Waals surface area contributed by atoms with Gasteiger partial charge in [-0.3, -0.25) is 4.79 Å². The van der Waals surface area contributed by atoms with Gasteiger partial charge in [0.15, 0.2) is 0 Å². The molecule has 0 heterocycles. The summed E-state index contributed by atoms with van der Waals surface area (Å²) >= 11 is 0. The number of hydrogen-bond donors (Lipinski definition) is 0. The highest BCUT2D eigenvalue weighted by Gasteiger charge is 2.52. The van der Waals surface area contributed by atoms with E-state index in [2.05, 4.69) is 4.74 Å². The van der Waals surface area contributed by atoms with Crippen LogP contribution in [0.5, 0.6) is 0 Å². The third-order valence-corrected chi connectivity index (χ3v) is 2.54. The average Bonchev–Trinajstić information content (AvgIpc) is 2.18. The van der Waals surface area contributed by atoms with E-state index < -0.39 is 23.6 Å². The van der Waals surface area contributed by atoms with E-state index in [1.54, 1.807) is 0 Å². The molecule has 0 aliphatic heterocycles. The Kier molecular flexibility index (Phi) is 3.77. The minimum Gasteiger partial charge on any atom is -0.462 e. The zero-order valence-electron chi connectivity index (χ0n) is 8.59. The number of carbonyl (C=O) groups excluding carboxylic acids is 2. The molecule has 0 spiro atoms. The normalized spacial score (nSPS) is 22.6. The highest BCUT2D eigenvalue weighted by Crippen LogP contribution is 2.35. The first-order valence-corrected chi connectivity index (χ1v) is 5.08. The lowest BCUT2D eigenvalue weighted by Gasteiger charge is -2.26. The van der Waals surface area contributed by atoms with Crippen LogP contribution in [0, 0.1) is 5.92 Å². The number of rotatable bonds is 3. The van der Waals surface area contributed by atoms with Crippen molar-refractivity contribution in [1.82, 2.24) is 0 Å². The molecule has 0 aromatic rings. The van der Waals surface area contributed by atoms with Crippen LogP contribution in [0.2, 0.25) is 0 Å². The first-order chi connectivity index (χ1) is 7.00. The van der Waals surface area contributed by atoms with Gasteiger partial charge < -0.3 is 4.74 Å². The first-order valence-electron chi connectivity index (χ1n) is 5.08. The number of ether oxygens (including phenoxy) is 1. The zero-order valence-corrected chi connectivity index (χ0v) is 8.59. The van der Waals surface area contributed by atoms with Gasteiger partial charge in [-0.05, 0) is 19.8 Å². The largest absolute Gasteiger partial charge is 0.462 e. The zero-order chi connectivity index (χ0) is 11.5. The van der Waals surface area contributed by atoms with Crippen LogP contribution < -0.4 is 0 Å². The number of ketones is 1. The van der Waals surface area contributed by atoms with E-state index in [-0.39, 0.29) is 19.4 Å². The van der Waals surface area contributed by atoms with Crippen molar-refractivity contribution in [2.75, 3.05) is 6.61 Å². The monoisotopic (exact) mass is 220 g/mol. The molecule has 1 aliphatic rings. The first kappa shape index (κ1) is 12.1. The third-order valence-electron chi connectivity index (χ3n) is 2.54. The molecule has 15 heavy (non-hydrogen) atoms. The van der Waals surface area contributed by atoms with Crippen LogP contribution >= 0.6 is 0 Å². The lowest BCUT2D eigenvalue weighted by atomic mass is 9.83. The second-order valence-corrected chi connectivity index (χ2v) is 3.61. The van der Waals surface area contributed by atoms with Gasteiger partial charge in [0.2, 0.25) is 0 Å². The second-order valence-electron chi connectivity index (χ2n) is 3.61. The van der Waals surface area contributed by atoms with Gasteiger partial charge in [0.05, 0.1) is 12.5 Å². The van der Waals surface area contributed by atoms with Crippen LogP contribution in [-0.2, 0) is 14.3 Å². The van der Waals surface area contributed by atoms with Crippen molar-refractivity contribution in [3.05, 3.63) is 0 Å². The Balaban J connectivity index is 2.74. The quantitative estimate of drug-likeness (QED) is 0.683. The SMILES string of the molecule is CCOC(=O)C(F)(F)C1CCCCC1=O. The molecule has 5 heteroatoms. The fraction of sp³-hybridized carbons (Fsp3) is 0.800. The van der Waals surface area contributed by atoms with Gasteiger partial charge in [-0.1, -0.05) is 6.42 Å². The predicted molar refractivity (Wildman–Crippen MR) is 48.5 cm³/mol. The lowest BCUT2D eigenvalue weighted by molar-refractivity contribution is -0.183. The van der Waals surface area contributed by atoms with Crippen molar-refractivity contribution in [3.8, 4) is 0 Å². The number of carbonyl (C=O) groups is 2. The molecule has 1 unspecified atom stereocenters. The molecule has 1 rings (SSSR count). The van der Waals surface area contributed by atoms with Gasteiger partial charge in [-0.2, -0.15) is 8.78 Å². The summed E-state index contributed by atoms with van der Waals surface area (Å²) in [5.41, 5.74) is 0. The highest BCUT2D eigenvalue weighted by atomic mass is 19.3. The second kappa shape index (κ2) is 4.68. The molecular weight excluding hydrogens is 206 g/mol. The number of hydrogen-bond acceptors (Lipinski definition) is 3. The minimum absolute atomic E-state index is 0.0741. The van der Waals surface area contributed by atoms with Crippen molar-refractivity contribution >= 4 is 11.8 Å². The van der Waals surface area contributed by atoms with E-state index >= 15 is 0 Å². The summed E-state index contributed by atoms with van der Waals surface area (Å²) in [7, 11) is 0. The molecule has 0 saturated heterocycles. The topological polar surface area (TPSA) is 43.4 Å². The summed E-state index contributed by atoms with van der Waals surface area (Å²) < 4.78 is 31.2. The Morgan fingerprint density at radius 2 is 2.20 bits per heavy atom. The summed E-state index contributed by atoms with van der Waals surface area (Å²) in [5.74, 6) is -7.25.